The highest BCUT2D eigenvalue weighted by Gasteiger charge is 2.04. The third-order valence-corrected chi connectivity index (χ3v) is 2.73. The van der Waals surface area contributed by atoms with Gasteiger partial charge >= 0.3 is 5.97 Å². The molecule has 22 heavy (non-hydrogen) atoms. The summed E-state index contributed by atoms with van der Waals surface area (Å²) >= 11 is 0. The monoisotopic (exact) mass is 297 g/mol. The molecule has 0 bridgehead atoms. The molecule has 0 spiro atoms. The van der Waals surface area contributed by atoms with E-state index in [4.69, 9.17) is 14.7 Å². The molecule has 0 saturated heterocycles. The number of rotatable bonds is 7. The average Bonchev–Trinajstić information content (AvgIpc) is 2.58. The Morgan fingerprint density at radius 2 is 1.59 bits per heavy atom. The second kappa shape index (κ2) is 8.32. The van der Waals surface area contributed by atoms with Gasteiger partial charge in [0.25, 0.3) is 0 Å². The molecule has 2 aromatic carbocycles. The fourth-order valence-electron chi connectivity index (χ4n) is 1.67. The maximum Gasteiger partial charge on any atom is 0.345 e. The highest BCUT2D eigenvalue weighted by molar-refractivity contribution is 5.71. The van der Waals surface area contributed by atoms with Crippen LogP contribution in [0, 0.1) is 11.3 Å². The number of carbonyl (C=O) groups excluding carboxylic acids is 1. The van der Waals surface area contributed by atoms with E-state index < -0.39 is 5.97 Å². The van der Waals surface area contributed by atoms with Gasteiger partial charge in [0, 0.05) is 0 Å². The Morgan fingerprint density at radius 1 is 0.955 bits per heavy atom. The van der Waals surface area contributed by atoms with E-state index in [1.165, 1.54) is 0 Å². The van der Waals surface area contributed by atoms with E-state index in [1.807, 2.05) is 30.3 Å². The number of carbonyl (C=O) groups is 1. The van der Waals surface area contributed by atoms with Crippen molar-refractivity contribution in [1.82, 2.24) is 0 Å². The van der Waals surface area contributed by atoms with Crippen LogP contribution >= 0.6 is 0 Å². The van der Waals surface area contributed by atoms with Crippen molar-refractivity contribution in [3.63, 3.8) is 0 Å². The van der Waals surface area contributed by atoms with Crippen molar-refractivity contribution in [3.8, 4) is 17.6 Å². The van der Waals surface area contributed by atoms with Crippen LogP contribution in [0.25, 0.3) is 0 Å². The molecule has 5 heteroatoms. The van der Waals surface area contributed by atoms with E-state index in [0.29, 0.717) is 18.1 Å². The van der Waals surface area contributed by atoms with Crippen LogP contribution in [-0.4, -0.2) is 19.2 Å². The molecule has 0 fully saturated rings. The lowest BCUT2D eigenvalue weighted by atomic mass is 10.2. The number of hydrogen-bond acceptors (Lipinski definition) is 5. The van der Waals surface area contributed by atoms with E-state index in [9.17, 15) is 4.79 Å². The first-order valence-corrected chi connectivity index (χ1v) is 6.70. The number of hydrogen-bond donors (Lipinski definition) is 0. The van der Waals surface area contributed by atoms with Crippen LogP contribution in [0.5, 0.6) is 11.5 Å². The largest absolute Gasteiger partial charge is 0.489 e. The molecule has 0 aliphatic rings. The summed E-state index contributed by atoms with van der Waals surface area (Å²) in [6.07, 6.45) is 0. The first kappa shape index (κ1) is 15.4. The molecule has 0 unspecified atom stereocenters. The zero-order valence-electron chi connectivity index (χ0n) is 11.9. The van der Waals surface area contributed by atoms with Crippen LogP contribution < -0.4 is 9.47 Å². The Bertz CT molecular complexity index is 632. The smallest absolute Gasteiger partial charge is 0.345 e. The zero-order chi connectivity index (χ0) is 15.6. The van der Waals surface area contributed by atoms with Crippen molar-refractivity contribution in [2.75, 3.05) is 13.2 Å². The molecule has 0 atom stereocenters. The van der Waals surface area contributed by atoms with Gasteiger partial charge in [0.1, 0.15) is 24.2 Å². The highest BCUT2D eigenvalue weighted by atomic mass is 16.6. The predicted octanol–water partition coefficient (Wildman–Crippen LogP) is 2.71. The highest BCUT2D eigenvalue weighted by Crippen LogP contribution is 2.18. The van der Waals surface area contributed by atoms with Crippen molar-refractivity contribution in [2.24, 2.45) is 0 Å². The maximum atomic E-state index is 11.2. The number of benzene rings is 2. The molecule has 112 valence electrons. The zero-order valence-corrected chi connectivity index (χ0v) is 11.9. The fraction of sp³-hybridized carbons (Fsp3) is 0.176. The van der Waals surface area contributed by atoms with Crippen LogP contribution in [0.1, 0.15) is 5.56 Å². The van der Waals surface area contributed by atoms with Gasteiger partial charge in [-0.05, 0) is 29.8 Å². The summed E-state index contributed by atoms with van der Waals surface area (Å²) in [5.74, 6) is 0.662. The quantitative estimate of drug-likeness (QED) is 0.735. The van der Waals surface area contributed by atoms with Crippen LogP contribution in [0.4, 0.5) is 0 Å². The molecule has 5 nitrogen and oxygen atoms in total. The van der Waals surface area contributed by atoms with E-state index in [1.54, 1.807) is 30.3 Å². The van der Waals surface area contributed by atoms with E-state index >= 15 is 0 Å². The Balaban J connectivity index is 1.78. The van der Waals surface area contributed by atoms with E-state index in [0.717, 1.165) is 5.56 Å². The molecule has 0 aliphatic carbocycles. The van der Waals surface area contributed by atoms with Gasteiger partial charge in [-0.15, -0.1) is 0 Å². The van der Waals surface area contributed by atoms with Gasteiger partial charge in [-0.2, -0.15) is 5.26 Å². The van der Waals surface area contributed by atoms with E-state index in [2.05, 4.69) is 4.74 Å². The van der Waals surface area contributed by atoms with Crippen LogP contribution in [0.3, 0.4) is 0 Å². The lowest BCUT2D eigenvalue weighted by Crippen LogP contribution is -2.14. The molecule has 0 radical (unpaired) electrons. The third-order valence-electron chi connectivity index (χ3n) is 2.73. The van der Waals surface area contributed by atoms with Crippen molar-refractivity contribution in [3.05, 3.63) is 60.2 Å². The maximum absolute atomic E-state index is 11.2. The first-order valence-electron chi connectivity index (χ1n) is 6.70. The van der Waals surface area contributed by atoms with Gasteiger partial charge in [0.05, 0.1) is 0 Å². The van der Waals surface area contributed by atoms with Gasteiger partial charge in [0.15, 0.2) is 13.2 Å². The Kier molecular flexibility index (Phi) is 5.82. The van der Waals surface area contributed by atoms with Gasteiger partial charge in [-0.1, -0.05) is 30.3 Å². The molecule has 2 rings (SSSR count). The minimum absolute atomic E-state index is 0.230. The Morgan fingerprint density at radius 3 is 2.23 bits per heavy atom. The van der Waals surface area contributed by atoms with Crippen molar-refractivity contribution < 1.29 is 19.0 Å². The second-order valence-corrected chi connectivity index (χ2v) is 4.35. The predicted molar refractivity (Wildman–Crippen MR) is 79.3 cm³/mol. The minimum atomic E-state index is -0.578. The number of esters is 1. The van der Waals surface area contributed by atoms with Gasteiger partial charge in [-0.25, -0.2) is 4.79 Å². The lowest BCUT2D eigenvalue weighted by Gasteiger charge is -2.08. The first-order chi connectivity index (χ1) is 10.8. The molecule has 0 aliphatic heterocycles. The van der Waals surface area contributed by atoms with E-state index in [-0.39, 0.29) is 13.2 Å². The van der Waals surface area contributed by atoms with Crippen molar-refractivity contribution in [1.29, 1.82) is 5.26 Å². The van der Waals surface area contributed by atoms with Crippen molar-refractivity contribution >= 4 is 5.97 Å². The molecule has 0 heterocycles. The summed E-state index contributed by atoms with van der Waals surface area (Å²) in [5, 5.41) is 8.28. The van der Waals surface area contributed by atoms with Crippen LogP contribution in [0.2, 0.25) is 0 Å². The summed E-state index contributed by atoms with van der Waals surface area (Å²) in [7, 11) is 0. The van der Waals surface area contributed by atoms with Crippen LogP contribution in [-0.2, 0) is 16.1 Å². The number of ether oxygens (including phenoxy) is 3. The third kappa shape index (κ3) is 5.17. The van der Waals surface area contributed by atoms with Gasteiger partial charge in [0.2, 0.25) is 0 Å². The average molecular weight is 297 g/mol. The summed E-state index contributed by atoms with van der Waals surface area (Å²) < 4.78 is 15.5. The van der Waals surface area contributed by atoms with Crippen molar-refractivity contribution in [2.45, 2.75) is 6.61 Å². The number of nitriles is 1. The summed E-state index contributed by atoms with van der Waals surface area (Å²) in [6, 6.07) is 18.5. The molecule has 0 amide bonds. The molecule has 0 N–H and O–H groups in total. The normalized spacial score (nSPS) is 9.59. The summed E-state index contributed by atoms with van der Waals surface area (Å²) in [5.41, 5.74) is 1.09. The molecular weight excluding hydrogens is 282 g/mol. The summed E-state index contributed by atoms with van der Waals surface area (Å²) in [6.45, 7) is -0.0120. The second-order valence-electron chi connectivity index (χ2n) is 4.35. The Labute approximate surface area is 128 Å². The minimum Gasteiger partial charge on any atom is -0.489 e. The SMILES string of the molecule is N#CCOC(=O)COc1ccc(OCc2ccccc2)cc1. The summed E-state index contributed by atoms with van der Waals surface area (Å²) in [4.78, 5) is 11.2. The standard InChI is InChI=1S/C17H15NO4/c18-10-11-20-17(19)13-22-16-8-6-15(7-9-16)21-12-14-4-2-1-3-5-14/h1-9H,11-13H2. The Hall–Kier alpha value is -3.00. The molecule has 0 aromatic heterocycles. The fourth-order valence-corrected chi connectivity index (χ4v) is 1.67. The topological polar surface area (TPSA) is 68.5 Å². The van der Waals surface area contributed by atoms with Crippen LogP contribution in [0.15, 0.2) is 54.6 Å². The molecule has 2 aromatic rings. The number of nitrogens with zero attached hydrogens (tertiary/aromatic N) is 1. The molecular formula is C17H15NO4. The van der Waals surface area contributed by atoms with Gasteiger partial charge in [-0.3, -0.25) is 0 Å². The van der Waals surface area contributed by atoms with Gasteiger partial charge < -0.3 is 14.2 Å². The molecule has 0 saturated carbocycles. The lowest BCUT2D eigenvalue weighted by molar-refractivity contribution is -0.144.